The van der Waals surface area contributed by atoms with Crippen LogP contribution in [0.25, 0.3) is 33.8 Å². The fourth-order valence-electron chi connectivity index (χ4n) is 2.89. The third kappa shape index (κ3) is 3.65. The maximum Gasteiger partial charge on any atom is 0.137 e. The highest BCUT2D eigenvalue weighted by molar-refractivity contribution is 7.11. The summed E-state index contributed by atoms with van der Waals surface area (Å²) in [5.74, 6) is 0. The molecule has 0 saturated heterocycles. The number of rotatable bonds is 3. The first-order chi connectivity index (χ1) is 13.5. The van der Waals surface area contributed by atoms with E-state index in [0.29, 0.717) is 26.3 Å². The van der Waals surface area contributed by atoms with Crippen molar-refractivity contribution in [3.05, 3.63) is 80.2 Å². The molecule has 28 heavy (non-hydrogen) atoms. The van der Waals surface area contributed by atoms with E-state index in [-0.39, 0.29) is 0 Å². The minimum atomic E-state index is 0.365. The molecule has 0 saturated carbocycles. The van der Waals surface area contributed by atoms with Crippen LogP contribution in [0.3, 0.4) is 0 Å². The summed E-state index contributed by atoms with van der Waals surface area (Å²) in [6.07, 6.45) is 1.74. The number of pyridine rings is 1. The molecule has 6 heteroatoms. The second-order valence-corrected chi connectivity index (χ2v) is 7.88. The summed E-state index contributed by atoms with van der Waals surface area (Å²) in [6, 6.07) is 17.6. The summed E-state index contributed by atoms with van der Waals surface area (Å²) in [5, 5.41) is 14.2. The van der Waals surface area contributed by atoms with Crippen LogP contribution in [0.1, 0.15) is 16.1 Å². The fourth-order valence-corrected chi connectivity index (χ4v) is 4.00. The Hall–Kier alpha value is -2.71. The van der Waals surface area contributed by atoms with Crippen molar-refractivity contribution in [2.75, 3.05) is 0 Å². The molecule has 0 fully saturated rings. The molecule has 0 amide bonds. The number of hydrogen-bond acceptors (Lipinski definition) is 4. The topological polar surface area (TPSA) is 49.6 Å². The lowest BCUT2D eigenvalue weighted by molar-refractivity contribution is 1.35. The number of benzene rings is 2. The summed E-state index contributed by atoms with van der Waals surface area (Å²) in [4.78, 5) is 9.10. The summed E-state index contributed by atoms with van der Waals surface area (Å²) in [6.45, 7) is 2.00. The van der Waals surface area contributed by atoms with Gasteiger partial charge in [-0.2, -0.15) is 5.26 Å². The standard InChI is InChI=1S/C22H13Cl2N3S/c1-13-3-2-4-15-9-16(21(24)27-20(13)15)10-17(11-25)22-26-19(12-28-22)14-5-7-18(23)8-6-14/h2-10,12H,1H3. The minimum absolute atomic E-state index is 0.365. The van der Waals surface area contributed by atoms with Gasteiger partial charge >= 0.3 is 0 Å². The molecular weight excluding hydrogens is 409 g/mol. The monoisotopic (exact) mass is 421 g/mol. The Labute approximate surface area is 176 Å². The smallest absolute Gasteiger partial charge is 0.137 e. The number of thiazole rings is 1. The van der Waals surface area contributed by atoms with Crippen molar-refractivity contribution >= 4 is 57.1 Å². The molecule has 4 aromatic rings. The molecular formula is C22H13Cl2N3S. The van der Waals surface area contributed by atoms with Crippen LogP contribution < -0.4 is 0 Å². The summed E-state index contributed by atoms with van der Waals surface area (Å²) < 4.78 is 0. The molecule has 0 bridgehead atoms. The maximum absolute atomic E-state index is 9.67. The third-order valence-corrected chi connectivity index (χ3v) is 5.75. The third-order valence-electron chi connectivity index (χ3n) is 4.32. The number of para-hydroxylation sites is 1. The molecule has 0 unspecified atom stereocenters. The summed E-state index contributed by atoms with van der Waals surface area (Å²) in [5.41, 5.74) is 4.81. The Morgan fingerprint density at radius 2 is 1.89 bits per heavy atom. The minimum Gasteiger partial charge on any atom is -0.235 e. The van der Waals surface area contributed by atoms with Gasteiger partial charge in [-0.05, 0) is 36.8 Å². The average molecular weight is 422 g/mol. The normalized spacial score (nSPS) is 11.6. The fraction of sp³-hybridized carbons (Fsp3) is 0.0455. The molecule has 136 valence electrons. The van der Waals surface area contributed by atoms with Crippen LogP contribution in [0.15, 0.2) is 53.9 Å². The molecule has 0 aliphatic carbocycles. The predicted molar refractivity (Wildman–Crippen MR) is 118 cm³/mol. The van der Waals surface area contributed by atoms with Gasteiger partial charge in [0.05, 0.1) is 16.8 Å². The van der Waals surface area contributed by atoms with E-state index >= 15 is 0 Å². The van der Waals surface area contributed by atoms with E-state index in [1.807, 2.05) is 60.8 Å². The van der Waals surface area contributed by atoms with Crippen LogP contribution >= 0.6 is 34.5 Å². The van der Waals surface area contributed by atoms with Gasteiger partial charge in [-0.3, -0.25) is 0 Å². The molecule has 0 spiro atoms. The van der Waals surface area contributed by atoms with Gasteiger partial charge in [0.25, 0.3) is 0 Å². The molecule has 0 aliphatic heterocycles. The first kappa shape index (κ1) is 18.6. The van der Waals surface area contributed by atoms with Crippen LogP contribution in [0, 0.1) is 18.3 Å². The second kappa shape index (κ2) is 7.73. The first-order valence-corrected chi connectivity index (χ1v) is 10.1. The van der Waals surface area contributed by atoms with Crippen molar-refractivity contribution in [1.29, 1.82) is 5.26 Å². The van der Waals surface area contributed by atoms with E-state index in [0.717, 1.165) is 27.7 Å². The van der Waals surface area contributed by atoms with E-state index in [2.05, 4.69) is 16.0 Å². The zero-order chi connectivity index (χ0) is 19.7. The molecule has 4 rings (SSSR count). The van der Waals surface area contributed by atoms with Crippen LogP contribution in [0.4, 0.5) is 0 Å². The quantitative estimate of drug-likeness (QED) is 0.263. The van der Waals surface area contributed by atoms with Crippen molar-refractivity contribution in [1.82, 2.24) is 9.97 Å². The van der Waals surface area contributed by atoms with Gasteiger partial charge in [0, 0.05) is 26.9 Å². The van der Waals surface area contributed by atoms with Crippen LogP contribution in [-0.2, 0) is 0 Å². The van der Waals surface area contributed by atoms with Crippen molar-refractivity contribution in [3.63, 3.8) is 0 Å². The second-order valence-electron chi connectivity index (χ2n) is 6.23. The molecule has 2 heterocycles. The van der Waals surface area contributed by atoms with Gasteiger partial charge in [0.2, 0.25) is 0 Å². The average Bonchev–Trinajstić information content (AvgIpc) is 3.17. The van der Waals surface area contributed by atoms with E-state index in [1.54, 1.807) is 6.08 Å². The lowest BCUT2D eigenvalue weighted by Crippen LogP contribution is -1.89. The Bertz CT molecular complexity index is 1250. The molecule has 2 aromatic heterocycles. The van der Waals surface area contributed by atoms with Crippen LogP contribution in [0.2, 0.25) is 10.2 Å². The van der Waals surface area contributed by atoms with Gasteiger partial charge in [-0.15, -0.1) is 11.3 Å². The molecule has 2 aromatic carbocycles. The number of halogens is 2. The number of nitrogens with zero attached hydrogens (tertiary/aromatic N) is 3. The Balaban J connectivity index is 1.74. The maximum atomic E-state index is 9.67. The lowest BCUT2D eigenvalue weighted by atomic mass is 10.1. The number of aromatic nitrogens is 2. The Kier molecular flexibility index (Phi) is 5.15. The van der Waals surface area contributed by atoms with Gasteiger partial charge in [0.15, 0.2) is 0 Å². The number of aryl methyl sites for hydroxylation is 1. The van der Waals surface area contributed by atoms with E-state index < -0.39 is 0 Å². The Morgan fingerprint density at radius 3 is 2.64 bits per heavy atom. The largest absolute Gasteiger partial charge is 0.235 e. The summed E-state index contributed by atoms with van der Waals surface area (Å²) in [7, 11) is 0. The van der Waals surface area contributed by atoms with Gasteiger partial charge in [0.1, 0.15) is 16.2 Å². The summed E-state index contributed by atoms with van der Waals surface area (Å²) >= 11 is 13.7. The molecule has 0 aliphatic rings. The molecule has 3 nitrogen and oxygen atoms in total. The van der Waals surface area contributed by atoms with E-state index in [9.17, 15) is 5.26 Å². The number of hydrogen-bond donors (Lipinski definition) is 0. The van der Waals surface area contributed by atoms with Crippen LogP contribution in [0.5, 0.6) is 0 Å². The number of fused-ring (bicyclic) bond motifs is 1. The van der Waals surface area contributed by atoms with Crippen molar-refractivity contribution in [2.24, 2.45) is 0 Å². The van der Waals surface area contributed by atoms with Gasteiger partial charge in [-0.1, -0.05) is 53.5 Å². The SMILES string of the molecule is Cc1cccc2cc(C=C(C#N)c3nc(-c4ccc(Cl)cc4)cs3)c(Cl)nc12. The molecule has 0 radical (unpaired) electrons. The zero-order valence-electron chi connectivity index (χ0n) is 14.8. The van der Waals surface area contributed by atoms with E-state index in [4.69, 9.17) is 23.2 Å². The number of allylic oxidation sites excluding steroid dienone is 1. The highest BCUT2D eigenvalue weighted by Gasteiger charge is 2.11. The predicted octanol–water partition coefficient (Wildman–Crippen LogP) is 7.04. The van der Waals surface area contributed by atoms with Crippen molar-refractivity contribution in [2.45, 2.75) is 6.92 Å². The lowest BCUT2D eigenvalue weighted by Gasteiger charge is -2.05. The van der Waals surface area contributed by atoms with Crippen LogP contribution in [-0.4, -0.2) is 9.97 Å². The van der Waals surface area contributed by atoms with Crippen molar-refractivity contribution < 1.29 is 0 Å². The van der Waals surface area contributed by atoms with E-state index in [1.165, 1.54) is 11.3 Å². The highest BCUT2D eigenvalue weighted by Crippen LogP contribution is 2.30. The zero-order valence-corrected chi connectivity index (χ0v) is 17.1. The molecule has 0 N–H and O–H groups in total. The van der Waals surface area contributed by atoms with Gasteiger partial charge in [-0.25, -0.2) is 9.97 Å². The first-order valence-electron chi connectivity index (χ1n) is 8.44. The highest BCUT2D eigenvalue weighted by atomic mass is 35.5. The number of nitriles is 1. The van der Waals surface area contributed by atoms with Gasteiger partial charge < -0.3 is 0 Å². The Morgan fingerprint density at radius 1 is 1.11 bits per heavy atom. The molecule has 0 atom stereocenters. The van der Waals surface area contributed by atoms with Crippen molar-refractivity contribution in [3.8, 4) is 17.3 Å².